The lowest BCUT2D eigenvalue weighted by Crippen LogP contribution is -2.10. The molecular weight excluding hydrogens is 222 g/mol. The molecule has 0 radical (unpaired) electrons. The van der Waals surface area contributed by atoms with E-state index in [4.69, 9.17) is 4.98 Å². The molecule has 3 nitrogen and oxygen atoms in total. The maximum Gasteiger partial charge on any atom is 0.134 e. The van der Waals surface area contributed by atoms with Crippen LogP contribution in [0.3, 0.4) is 0 Å². The summed E-state index contributed by atoms with van der Waals surface area (Å²) in [5.41, 5.74) is 1.14. The number of nitrogens with zero attached hydrogens (tertiary/aromatic N) is 2. The minimum atomic E-state index is 0.447. The number of anilines is 1. The first-order valence-corrected chi connectivity index (χ1v) is 7.25. The molecule has 0 aromatic carbocycles. The molecule has 0 fully saturated rings. The Morgan fingerprint density at radius 2 is 1.78 bits per heavy atom. The van der Waals surface area contributed by atoms with Crippen molar-refractivity contribution >= 4 is 5.82 Å². The van der Waals surface area contributed by atoms with Crippen LogP contribution in [-0.2, 0) is 0 Å². The summed E-state index contributed by atoms with van der Waals surface area (Å²) in [6.07, 6.45) is 3.32. The molecule has 0 spiro atoms. The fourth-order valence-corrected chi connectivity index (χ4v) is 1.96. The van der Waals surface area contributed by atoms with Gasteiger partial charge < -0.3 is 5.32 Å². The third kappa shape index (κ3) is 3.97. The van der Waals surface area contributed by atoms with Crippen molar-refractivity contribution in [3.05, 3.63) is 17.6 Å². The molecule has 102 valence electrons. The van der Waals surface area contributed by atoms with Crippen LogP contribution in [0.4, 0.5) is 5.82 Å². The molecule has 1 heterocycles. The van der Waals surface area contributed by atoms with E-state index < -0.39 is 0 Å². The highest BCUT2D eigenvalue weighted by Crippen LogP contribution is 2.23. The van der Waals surface area contributed by atoms with E-state index >= 15 is 0 Å². The highest BCUT2D eigenvalue weighted by atomic mass is 15.0. The minimum Gasteiger partial charge on any atom is -0.370 e. The van der Waals surface area contributed by atoms with Crippen LogP contribution in [0, 0.1) is 0 Å². The van der Waals surface area contributed by atoms with E-state index in [1.54, 1.807) is 0 Å². The molecule has 0 saturated carbocycles. The average Bonchev–Trinajstić information content (AvgIpc) is 2.37. The third-order valence-electron chi connectivity index (χ3n) is 3.26. The van der Waals surface area contributed by atoms with Crippen LogP contribution in [0.5, 0.6) is 0 Å². The average molecular weight is 249 g/mol. The lowest BCUT2D eigenvalue weighted by Gasteiger charge is -2.16. The molecular formula is C15H27N3. The van der Waals surface area contributed by atoms with Crippen LogP contribution >= 0.6 is 0 Å². The van der Waals surface area contributed by atoms with Crippen molar-refractivity contribution in [3.8, 4) is 0 Å². The quantitative estimate of drug-likeness (QED) is 0.781. The van der Waals surface area contributed by atoms with Crippen molar-refractivity contribution in [1.29, 1.82) is 0 Å². The van der Waals surface area contributed by atoms with Gasteiger partial charge in [-0.1, -0.05) is 34.6 Å². The normalized spacial score (nSPS) is 11.3. The standard InChI is InChI=1S/C15H27N3/c1-6-9-16-14-10-13(11(4)5)17-15(18-14)12(7-2)8-3/h10-12H,6-9H2,1-5H3,(H,16,17,18). The summed E-state index contributed by atoms with van der Waals surface area (Å²) in [4.78, 5) is 9.40. The van der Waals surface area contributed by atoms with E-state index in [2.05, 4.69) is 51.0 Å². The number of hydrogen-bond acceptors (Lipinski definition) is 3. The van der Waals surface area contributed by atoms with Gasteiger partial charge in [0.05, 0.1) is 0 Å². The van der Waals surface area contributed by atoms with Gasteiger partial charge in [0.15, 0.2) is 0 Å². The van der Waals surface area contributed by atoms with Gasteiger partial charge in [0.1, 0.15) is 11.6 Å². The summed E-state index contributed by atoms with van der Waals surface area (Å²) in [5, 5.41) is 3.38. The van der Waals surface area contributed by atoms with Crippen molar-refractivity contribution in [1.82, 2.24) is 9.97 Å². The lowest BCUT2D eigenvalue weighted by atomic mass is 10.0. The Bertz CT molecular complexity index is 357. The monoisotopic (exact) mass is 249 g/mol. The van der Waals surface area contributed by atoms with Gasteiger partial charge in [-0.15, -0.1) is 0 Å². The smallest absolute Gasteiger partial charge is 0.134 e. The maximum absolute atomic E-state index is 4.73. The van der Waals surface area contributed by atoms with E-state index in [0.29, 0.717) is 11.8 Å². The van der Waals surface area contributed by atoms with E-state index in [-0.39, 0.29) is 0 Å². The maximum atomic E-state index is 4.73. The SMILES string of the molecule is CCCNc1cc(C(C)C)nc(C(CC)CC)n1. The largest absolute Gasteiger partial charge is 0.370 e. The van der Waals surface area contributed by atoms with Crippen LogP contribution in [0.2, 0.25) is 0 Å². The van der Waals surface area contributed by atoms with Crippen molar-refractivity contribution in [2.75, 3.05) is 11.9 Å². The van der Waals surface area contributed by atoms with E-state index in [0.717, 1.165) is 43.1 Å². The summed E-state index contributed by atoms with van der Waals surface area (Å²) in [6.45, 7) is 11.9. The van der Waals surface area contributed by atoms with Crippen molar-refractivity contribution < 1.29 is 0 Å². The fourth-order valence-electron chi connectivity index (χ4n) is 1.96. The van der Waals surface area contributed by atoms with Gasteiger partial charge in [0.25, 0.3) is 0 Å². The molecule has 18 heavy (non-hydrogen) atoms. The van der Waals surface area contributed by atoms with Gasteiger partial charge >= 0.3 is 0 Å². The third-order valence-corrected chi connectivity index (χ3v) is 3.26. The summed E-state index contributed by atoms with van der Waals surface area (Å²) in [7, 11) is 0. The zero-order valence-electron chi connectivity index (χ0n) is 12.5. The highest BCUT2D eigenvalue weighted by Gasteiger charge is 2.14. The first-order valence-electron chi connectivity index (χ1n) is 7.25. The van der Waals surface area contributed by atoms with Crippen LogP contribution in [0.25, 0.3) is 0 Å². The molecule has 0 bridgehead atoms. The van der Waals surface area contributed by atoms with Crippen molar-refractivity contribution in [2.24, 2.45) is 0 Å². The van der Waals surface area contributed by atoms with Crippen LogP contribution in [-0.4, -0.2) is 16.5 Å². The first kappa shape index (κ1) is 14.9. The predicted molar refractivity (Wildman–Crippen MR) is 78.2 cm³/mol. The van der Waals surface area contributed by atoms with Crippen molar-refractivity contribution in [2.45, 2.75) is 65.7 Å². The Hall–Kier alpha value is -1.12. The second-order valence-electron chi connectivity index (χ2n) is 5.13. The van der Waals surface area contributed by atoms with Crippen LogP contribution in [0.15, 0.2) is 6.07 Å². The minimum absolute atomic E-state index is 0.447. The van der Waals surface area contributed by atoms with E-state index in [1.807, 2.05) is 0 Å². The van der Waals surface area contributed by atoms with Crippen LogP contribution in [0.1, 0.15) is 77.2 Å². The molecule has 1 aromatic heterocycles. The highest BCUT2D eigenvalue weighted by molar-refractivity contribution is 5.37. The van der Waals surface area contributed by atoms with E-state index in [1.165, 1.54) is 0 Å². The topological polar surface area (TPSA) is 37.8 Å². The molecule has 0 unspecified atom stereocenters. The molecule has 1 rings (SSSR count). The van der Waals surface area contributed by atoms with Gasteiger partial charge in [-0.2, -0.15) is 0 Å². The number of hydrogen-bond donors (Lipinski definition) is 1. The first-order chi connectivity index (χ1) is 8.62. The van der Waals surface area contributed by atoms with Gasteiger partial charge in [0.2, 0.25) is 0 Å². The van der Waals surface area contributed by atoms with Crippen molar-refractivity contribution in [3.63, 3.8) is 0 Å². The molecule has 0 saturated heterocycles. The number of aromatic nitrogens is 2. The van der Waals surface area contributed by atoms with E-state index in [9.17, 15) is 0 Å². The Kier molecular flexibility index (Phi) is 6.10. The summed E-state index contributed by atoms with van der Waals surface area (Å²) >= 11 is 0. The predicted octanol–water partition coefficient (Wildman–Crippen LogP) is 4.33. The Balaban J connectivity index is 3.04. The molecule has 0 amide bonds. The molecule has 0 aliphatic heterocycles. The molecule has 1 aromatic rings. The summed E-state index contributed by atoms with van der Waals surface area (Å²) in [6, 6.07) is 2.09. The fraction of sp³-hybridized carbons (Fsp3) is 0.733. The lowest BCUT2D eigenvalue weighted by molar-refractivity contribution is 0.594. The Labute approximate surface area is 111 Å². The number of rotatable bonds is 7. The van der Waals surface area contributed by atoms with Gasteiger partial charge in [-0.3, -0.25) is 0 Å². The van der Waals surface area contributed by atoms with Gasteiger partial charge in [-0.25, -0.2) is 9.97 Å². The van der Waals surface area contributed by atoms with Gasteiger partial charge in [-0.05, 0) is 25.2 Å². The molecule has 0 aliphatic rings. The Morgan fingerprint density at radius 3 is 2.28 bits per heavy atom. The molecule has 0 atom stereocenters. The zero-order valence-corrected chi connectivity index (χ0v) is 12.5. The second-order valence-corrected chi connectivity index (χ2v) is 5.13. The molecule has 1 N–H and O–H groups in total. The van der Waals surface area contributed by atoms with Crippen LogP contribution < -0.4 is 5.32 Å². The summed E-state index contributed by atoms with van der Waals surface area (Å²) < 4.78 is 0. The Morgan fingerprint density at radius 1 is 1.11 bits per heavy atom. The zero-order chi connectivity index (χ0) is 13.5. The van der Waals surface area contributed by atoms with Gasteiger partial charge in [0, 0.05) is 24.2 Å². The number of nitrogens with one attached hydrogen (secondary N) is 1. The summed E-state index contributed by atoms with van der Waals surface area (Å²) in [5.74, 6) is 2.91. The second kappa shape index (κ2) is 7.34. The molecule has 3 heteroatoms. The molecule has 0 aliphatic carbocycles.